The molecule has 0 heterocycles. The standard InChI is InChI=1S/C20H28N4O2/c1-24(15-17-11-9-16(14-21)10-12-17)19(25)8-5-13-22-20(26)23-18-6-3-2-4-7-18/h9-12,18H,2-8,13,15H2,1H3,(H2,22,23,26). The monoisotopic (exact) mass is 356 g/mol. The number of urea groups is 1. The lowest BCUT2D eigenvalue weighted by Gasteiger charge is -2.23. The second-order valence-corrected chi connectivity index (χ2v) is 6.90. The Morgan fingerprint density at radius 1 is 1.19 bits per heavy atom. The molecule has 6 heteroatoms. The van der Waals surface area contributed by atoms with Gasteiger partial charge < -0.3 is 15.5 Å². The molecule has 1 aliphatic rings. The number of carbonyl (C=O) groups excluding carboxylic acids is 2. The molecular formula is C20H28N4O2. The Hall–Kier alpha value is -2.55. The van der Waals surface area contributed by atoms with Crippen molar-refractivity contribution in [3.8, 4) is 6.07 Å². The molecular weight excluding hydrogens is 328 g/mol. The fourth-order valence-electron chi connectivity index (χ4n) is 3.16. The molecule has 2 N–H and O–H groups in total. The highest BCUT2D eigenvalue weighted by atomic mass is 16.2. The fraction of sp³-hybridized carbons (Fsp3) is 0.550. The SMILES string of the molecule is CN(Cc1ccc(C#N)cc1)C(=O)CCCNC(=O)NC1CCCCC1. The van der Waals surface area contributed by atoms with Crippen LogP contribution in [-0.4, -0.2) is 36.5 Å². The normalized spacial score (nSPS) is 14.3. The zero-order valence-corrected chi connectivity index (χ0v) is 15.5. The van der Waals surface area contributed by atoms with E-state index in [2.05, 4.69) is 16.7 Å². The maximum absolute atomic E-state index is 12.2. The summed E-state index contributed by atoms with van der Waals surface area (Å²) in [6.45, 7) is 1.01. The quantitative estimate of drug-likeness (QED) is 0.737. The molecule has 0 radical (unpaired) electrons. The first-order valence-corrected chi connectivity index (χ1v) is 9.36. The summed E-state index contributed by atoms with van der Waals surface area (Å²) in [4.78, 5) is 25.7. The number of hydrogen-bond acceptors (Lipinski definition) is 3. The smallest absolute Gasteiger partial charge is 0.315 e. The van der Waals surface area contributed by atoms with Gasteiger partial charge in [-0.25, -0.2) is 4.79 Å². The van der Waals surface area contributed by atoms with E-state index < -0.39 is 0 Å². The molecule has 1 aromatic rings. The van der Waals surface area contributed by atoms with Gasteiger partial charge in [0.2, 0.25) is 5.91 Å². The molecule has 1 saturated carbocycles. The second kappa shape index (κ2) is 10.4. The van der Waals surface area contributed by atoms with Crippen LogP contribution in [0.25, 0.3) is 0 Å². The number of hydrogen-bond donors (Lipinski definition) is 2. The lowest BCUT2D eigenvalue weighted by atomic mass is 9.96. The molecule has 1 fully saturated rings. The van der Waals surface area contributed by atoms with Crippen molar-refractivity contribution in [3.63, 3.8) is 0 Å². The number of nitriles is 1. The van der Waals surface area contributed by atoms with Crippen LogP contribution in [0.3, 0.4) is 0 Å². The van der Waals surface area contributed by atoms with Gasteiger partial charge >= 0.3 is 6.03 Å². The molecule has 3 amide bonds. The molecule has 0 spiro atoms. The number of nitrogens with zero attached hydrogens (tertiary/aromatic N) is 2. The summed E-state index contributed by atoms with van der Waals surface area (Å²) in [7, 11) is 1.77. The number of benzene rings is 1. The zero-order valence-electron chi connectivity index (χ0n) is 15.5. The Kier molecular flexibility index (Phi) is 7.94. The van der Waals surface area contributed by atoms with Crippen molar-refractivity contribution in [2.45, 2.75) is 57.5 Å². The van der Waals surface area contributed by atoms with Gasteiger partial charge in [-0.2, -0.15) is 5.26 Å². The van der Waals surface area contributed by atoms with Gasteiger partial charge in [-0.3, -0.25) is 4.79 Å². The van der Waals surface area contributed by atoms with E-state index in [1.165, 1.54) is 19.3 Å². The minimum absolute atomic E-state index is 0.0452. The van der Waals surface area contributed by atoms with Crippen molar-refractivity contribution in [1.82, 2.24) is 15.5 Å². The summed E-state index contributed by atoms with van der Waals surface area (Å²) >= 11 is 0. The third kappa shape index (κ3) is 6.75. The van der Waals surface area contributed by atoms with E-state index in [-0.39, 0.29) is 11.9 Å². The van der Waals surface area contributed by atoms with E-state index in [1.807, 2.05) is 12.1 Å². The van der Waals surface area contributed by atoms with Gasteiger partial charge in [0, 0.05) is 32.6 Å². The van der Waals surface area contributed by atoms with E-state index in [9.17, 15) is 9.59 Å². The molecule has 0 unspecified atom stereocenters. The summed E-state index contributed by atoms with van der Waals surface area (Å²) < 4.78 is 0. The number of carbonyl (C=O) groups is 2. The molecule has 2 rings (SSSR count). The summed E-state index contributed by atoms with van der Waals surface area (Å²) in [5.74, 6) is 0.0452. The molecule has 1 aliphatic carbocycles. The van der Waals surface area contributed by atoms with Crippen LogP contribution in [0.2, 0.25) is 0 Å². The Balaban J connectivity index is 1.61. The number of nitrogens with one attached hydrogen (secondary N) is 2. The summed E-state index contributed by atoms with van der Waals surface area (Å²) in [6.07, 6.45) is 6.77. The van der Waals surface area contributed by atoms with Gasteiger partial charge in [0.1, 0.15) is 0 Å². The van der Waals surface area contributed by atoms with Gasteiger partial charge in [0.15, 0.2) is 0 Å². The molecule has 140 valence electrons. The van der Waals surface area contributed by atoms with Crippen LogP contribution in [-0.2, 0) is 11.3 Å². The molecule has 0 aromatic heterocycles. The van der Waals surface area contributed by atoms with Crippen molar-refractivity contribution >= 4 is 11.9 Å². The lowest BCUT2D eigenvalue weighted by Crippen LogP contribution is -2.43. The van der Waals surface area contributed by atoms with E-state index >= 15 is 0 Å². The highest BCUT2D eigenvalue weighted by Crippen LogP contribution is 2.17. The first-order chi connectivity index (χ1) is 12.6. The van der Waals surface area contributed by atoms with E-state index in [4.69, 9.17) is 5.26 Å². The molecule has 0 bridgehead atoms. The van der Waals surface area contributed by atoms with Crippen LogP contribution in [0, 0.1) is 11.3 Å². The highest BCUT2D eigenvalue weighted by molar-refractivity contribution is 5.76. The van der Waals surface area contributed by atoms with Crippen LogP contribution < -0.4 is 10.6 Å². The average molecular weight is 356 g/mol. The van der Waals surface area contributed by atoms with Gasteiger partial charge in [-0.1, -0.05) is 31.4 Å². The summed E-state index contributed by atoms with van der Waals surface area (Å²) in [6, 6.07) is 9.47. The second-order valence-electron chi connectivity index (χ2n) is 6.90. The van der Waals surface area contributed by atoms with Gasteiger partial charge in [-0.05, 0) is 37.0 Å². The van der Waals surface area contributed by atoms with Crippen LogP contribution in [0.1, 0.15) is 56.1 Å². The van der Waals surface area contributed by atoms with Gasteiger partial charge in [0.25, 0.3) is 0 Å². The average Bonchev–Trinajstić information content (AvgIpc) is 2.66. The van der Waals surface area contributed by atoms with E-state index in [0.29, 0.717) is 37.5 Å². The Morgan fingerprint density at radius 3 is 2.54 bits per heavy atom. The van der Waals surface area contributed by atoms with Crippen molar-refractivity contribution < 1.29 is 9.59 Å². The molecule has 26 heavy (non-hydrogen) atoms. The zero-order chi connectivity index (χ0) is 18.8. The minimum Gasteiger partial charge on any atom is -0.341 e. The third-order valence-corrected chi connectivity index (χ3v) is 4.72. The van der Waals surface area contributed by atoms with Crippen LogP contribution in [0.4, 0.5) is 4.79 Å². The number of rotatable bonds is 7. The van der Waals surface area contributed by atoms with E-state index in [1.54, 1.807) is 24.1 Å². The molecule has 1 aromatic carbocycles. The largest absolute Gasteiger partial charge is 0.341 e. The third-order valence-electron chi connectivity index (χ3n) is 4.72. The molecule has 0 atom stereocenters. The van der Waals surface area contributed by atoms with Gasteiger partial charge in [0.05, 0.1) is 11.6 Å². The van der Waals surface area contributed by atoms with Crippen molar-refractivity contribution in [2.24, 2.45) is 0 Å². The molecule has 6 nitrogen and oxygen atoms in total. The fourth-order valence-corrected chi connectivity index (χ4v) is 3.16. The van der Waals surface area contributed by atoms with Crippen LogP contribution in [0.5, 0.6) is 0 Å². The lowest BCUT2D eigenvalue weighted by molar-refractivity contribution is -0.130. The Bertz CT molecular complexity index is 630. The predicted octanol–water partition coefficient (Wildman–Crippen LogP) is 2.93. The van der Waals surface area contributed by atoms with Crippen LogP contribution in [0.15, 0.2) is 24.3 Å². The topological polar surface area (TPSA) is 85.2 Å². The Labute approximate surface area is 155 Å². The first kappa shape index (κ1) is 19.8. The maximum atomic E-state index is 12.2. The van der Waals surface area contributed by atoms with Crippen LogP contribution >= 0.6 is 0 Å². The maximum Gasteiger partial charge on any atom is 0.315 e. The van der Waals surface area contributed by atoms with Crippen molar-refractivity contribution in [2.75, 3.05) is 13.6 Å². The van der Waals surface area contributed by atoms with Crippen molar-refractivity contribution in [1.29, 1.82) is 5.26 Å². The minimum atomic E-state index is -0.129. The van der Waals surface area contributed by atoms with E-state index in [0.717, 1.165) is 18.4 Å². The first-order valence-electron chi connectivity index (χ1n) is 9.36. The predicted molar refractivity (Wildman–Crippen MR) is 100 cm³/mol. The Morgan fingerprint density at radius 2 is 1.88 bits per heavy atom. The molecule has 0 saturated heterocycles. The van der Waals surface area contributed by atoms with Gasteiger partial charge in [-0.15, -0.1) is 0 Å². The highest BCUT2D eigenvalue weighted by Gasteiger charge is 2.15. The van der Waals surface area contributed by atoms with Crippen molar-refractivity contribution in [3.05, 3.63) is 35.4 Å². The molecule has 0 aliphatic heterocycles. The number of amides is 3. The summed E-state index contributed by atoms with van der Waals surface area (Å²) in [5, 5.41) is 14.6. The summed E-state index contributed by atoms with van der Waals surface area (Å²) in [5.41, 5.74) is 1.60.